The topological polar surface area (TPSA) is 26.5 Å². The van der Waals surface area contributed by atoms with Crippen LogP contribution in [0.4, 0.5) is 5.82 Å². The molecule has 0 N–H and O–H groups in total. The summed E-state index contributed by atoms with van der Waals surface area (Å²) in [6, 6.07) is 19.9. The maximum absolute atomic E-state index is 7.15. The number of benzene rings is 2. The molecule has 0 radical (unpaired) electrons. The van der Waals surface area contributed by atoms with E-state index in [1.807, 2.05) is 62.4 Å². The van der Waals surface area contributed by atoms with E-state index in [2.05, 4.69) is 15.9 Å². The molecule has 0 spiro atoms. The molecule has 24 heavy (non-hydrogen) atoms. The molecule has 1 heterocycles. The van der Waals surface area contributed by atoms with Crippen molar-refractivity contribution in [3.63, 3.8) is 0 Å². The van der Waals surface area contributed by atoms with Crippen LogP contribution in [0, 0.1) is 20.4 Å². The minimum atomic E-state index is 0.423. The zero-order chi connectivity index (χ0) is 16.9. The van der Waals surface area contributed by atoms with Crippen LogP contribution in [0.25, 0.3) is 16.1 Å². The Labute approximate surface area is 142 Å². The Hall–Kier alpha value is -3.12. The SMILES string of the molecule is [C-]#[N+]c1cc(C)cc(-c2ccc(OCc3ccccc3)c(C)c2)n1. The molecule has 0 fully saturated rings. The number of nitrogens with zero attached hydrogens (tertiary/aromatic N) is 2. The van der Waals surface area contributed by atoms with Crippen molar-refractivity contribution in [2.45, 2.75) is 20.5 Å². The van der Waals surface area contributed by atoms with Gasteiger partial charge in [-0.15, -0.1) is 4.98 Å². The lowest BCUT2D eigenvalue weighted by Gasteiger charge is -2.10. The third-order valence-electron chi connectivity index (χ3n) is 3.78. The Bertz CT molecular complexity index is 895. The predicted octanol–water partition coefficient (Wildman–Crippen LogP) is 5.50. The van der Waals surface area contributed by atoms with Crippen LogP contribution < -0.4 is 4.74 Å². The van der Waals surface area contributed by atoms with Gasteiger partial charge in [0.15, 0.2) is 5.69 Å². The second-order valence-corrected chi connectivity index (χ2v) is 5.75. The first-order chi connectivity index (χ1) is 11.7. The first-order valence-corrected chi connectivity index (χ1v) is 7.79. The monoisotopic (exact) mass is 314 g/mol. The van der Waals surface area contributed by atoms with E-state index in [1.54, 1.807) is 6.07 Å². The van der Waals surface area contributed by atoms with Gasteiger partial charge in [-0.05, 0) is 55.3 Å². The Balaban J connectivity index is 1.82. The fraction of sp³-hybridized carbons (Fsp3) is 0.143. The molecule has 2 aromatic carbocycles. The van der Waals surface area contributed by atoms with Crippen molar-refractivity contribution in [2.24, 2.45) is 0 Å². The van der Waals surface area contributed by atoms with Crippen LogP contribution in [-0.4, -0.2) is 4.98 Å². The molecule has 0 saturated carbocycles. The molecule has 0 aliphatic heterocycles. The first kappa shape index (κ1) is 15.8. The molecule has 3 aromatic rings. The van der Waals surface area contributed by atoms with Gasteiger partial charge >= 0.3 is 0 Å². The molecule has 0 amide bonds. The maximum Gasteiger partial charge on any atom is 0.270 e. The molecule has 3 nitrogen and oxygen atoms in total. The number of rotatable bonds is 4. The second-order valence-electron chi connectivity index (χ2n) is 5.75. The number of ether oxygens (including phenoxy) is 1. The largest absolute Gasteiger partial charge is 0.489 e. The van der Waals surface area contributed by atoms with E-state index in [0.29, 0.717) is 12.4 Å². The van der Waals surface area contributed by atoms with Crippen molar-refractivity contribution in [1.29, 1.82) is 0 Å². The Morgan fingerprint density at radius 2 is 1.79 bits per heavy atom. The highest BCUT2D eigenvalue weighted by Gasteiger charge is 2.09. The Morgan fingerprint density at radius 3 is 2.50 bits per heavy atom. The van der Waals surface area contributed by atoms with E-state index in [-0.39, 0.29) is 0 Å². The number of pyridine rings is 1. The summed E-state index contributed by atoms with van der Waals surface area (Å²) in [5, 5.41) is 0. The van der Waals surface area contributed by atoms with E-state index in [1.165, 1.54) is 0 Å². The molecular formula is C21H18N2O. The van der Waals surface area contributed by atoms with Crippen LogP contribution in [0.15, 0.2) is 60.7 Å². The molecule has 0 atom stereocenters. The van der Waals surface area contributed by atoms with Crippen LogP contribution in [0.2, 0.25) is 0 Å². The molecule has 0 aliphatic rings. The van der Waals surface area contributed by atoms with Gasteiger partial charge in [0.25, 0.3) is 5.82 Å². The third kappa shape index (κ3) is 3.61. The van der Waals surface area contributed by atoms with Crippen LogP contribution in [0.3, 0.4) is 0 Å². The van der Waals surface area contributed by atoms with E-state index < -0.39 is 0 Å². The van der Waals surface area contributed by atoms with Crippen LogP contribution >= 0.6 is 0 Å². The molecular weight excluding hydrogens is 296 g/mol. The van der Waals surface area contributed by atoms with Gasteiger partial charge in [-0.1, -0.05) is 42.5 Å². The first-order valence-electron chi connectivity index (χ1n) is 7.79. The number of aryl methyl sites for hydroxylation is 2. The van der Waals surface area contributed by atoms with Gasteiger partial charge in [0.05, 0.1) is 0 Å². The molecule has 0 aliphatic carbocycles. The van der Waals surface area contributed by atoms with Gasteiger partial charge in [-0.25, -0.2) is 0 Å². The van der Waals surface area contributed by atoms with Crippen molar-refractivity contribution < 1.29 is 4.74 Å². The average Bonchev–Trinajstić information content (AvgIpc) is 2.61. The summed E-state index contributed by atoms with van der Waals surface area (Å²) in [4.78, 5) is 7.83. The van der Waals surface area contributed by atoms with Crippen molar-refractivity contribution in [3.8, 4) is 17.0 Å². The number of aromatic nitrogens is 1. The van der Waals surface area contributed by atoms with Gasteiger partial charge in [-0.3, -0.25) is 0 Å². The summed E-state index contributed by atoms with van der Waals surface area (Å²) in [5.41, 5.74) is 5.04. The van der Waals surface area contributed by atoms with Gasteiger partial charge in [0.1, 0.15) is 12.4 Å². The third-order valence-corrected chi connectivity index (χ3v) is 3.78. The lowest BCUT2D eigenvalue weighted by molar-refractivity contribution is 0.304. The fourth-order valence-corrected chi connectivity index (χ4v) is 2.56. The normalized spacial score (nSPS) is 10.2. The maximum atomic E-state index is 7.15. The smallest absolute Gasteiger partial charge is 0.270 e. The van der Waals surface area contributed by atoms with E-state index in [9.17, 15) is 0 Å². The van der Waals surface area contributed by atoms with Crippen LogP contribution in [-0.2, 0) is 6.61 Å². The average molecular weight is 314 g/mol. The van der Waals surface area contributed by atoms with Crippen molar-refractivity contribution >= 4 is 5.82 Å². The summed E-state index contributed by atoms with van der Waals surface area (Å²) in [7, 11) is 0. The van der Waals surface area contributed by atoms with Crippen molar-refractivity contribution in [1.82, 2.24) is 4.98 Å². The molecule has 1 aromatic heterocycles. The number of hydrogen-bond donors (Lipinski definition) is 0. The highest BCUT2D eigenvalue weighted by atomic mass is 16.5. The summed E-state index contributed by atoms with van der Waals surface area (Å²) < 4.78 is 5.91. The lowest BCUT2D eigenvalue weighted by Crippen LogP contribution is -1.97. The molecule has 0 saturated heterocycles. The van der Waals surface area contributed by atoms with Gasteiger partial charge in [0.2, 0.25) is 0 Å². The quantitative estimate of drug-likeness (QED) is 0.595. The lowest BCUT2D eigenvalue weighted by atomic mass is 10.1. The van der Waals surface area contributed by atoms with Gasteiger partial charge < -0.3 is 9.58 Å². The predicted molar refractivity (Wildman–Crippen MR) is 96.2 cm³/mol. The van der Waals surface area contributed by atoms with Crippen molar-refractivity contribution in [3.05, 3.63) is 88.8 Å². The molecule has 118 valence electrons. The minimum Gasteiger partial charge on any atom is -0.489 e. The van der Waals surface area contributed by atoms with Crippen LogP contribution in [0.1, 0.15) is 16.7 Å². The van der Waals surface area contributed by atoms with E-state index in [0.717, 1.165) is 33.7 Å². The highest BCUT2D eigenvalue weighted by Crippen LogP contribution is 2.27. The summed E-state index contributed by atoms with van der Waals surface area (Å²) in [5.74, 6) is 1.28. The van der Waals surface area contributed by atoms with Gasteiger partial charge in [-0.2, -0.15) is 0 Å². The van der Waals surface area contributed by atoms with Gasteiger partial charge in [0, 0.05) is 5.56 Å². The Kier molecular flexibility index (Phi) is 4.58. The summed E-state index contributed by atoms with van der Waals surface area (Å²) >= 11 is 0. The minimum absolute atomic E-state index is 0.423. The summed E-state index contributed by atoms with van der Waals surface area (Å²) in [6.45, 7) is 11.7. The molecule has 3 rings (SSSR count). The fourth-order valence-electron chi connectivity index (χ4n) is 2.56. The second kappa shape index (κ2) is 6.97. The summed E-state index contributed by atoms with van der Waals surface area (Å²) in [6.07, 6.45) is 0. The van der Waals surface area contributed by atoms with E-state index >= 15 is 0 Å². The number of hydrogen-bond acceptors (Lipinski definition) is 2. The highest BCUT2D eigenvalue weighted by molar-refractivity contribution is 5.65. The van der Waals surface area contributed by atoms with Crippen LogP contribution in [0.5, 0.6) is 5.75 Å². The standard InChI is InChI=1S/C21H18N2O/c1-15-11-19(23-21(12-15)22-3)18-9-10-20(16(2)13-18)24-14-17-7-5-4-6-8-17/h4-13H,14H2,1-2H3. The van der Waals surface area contributed by atoms with Crippen molar-refractivity contribution in [2.75, 3.05) is 0 Å². The molecule has 3 heteroatoms. The Morgan fingerprint density at radius 1 is 1.00 bits per heavy atom. The zero-order valence-electron chi connectivity index (χ0n) is 13.8. The molecule has 0 bridgehead atoms. The van der Waals surface area contributed by atoms with E-state index in [4.69, 9.17) is 11.3 Å². The molecule has 0 unspecified atom stereocenters. The zero-order valence-corrected chi connectivity index (χ0v) is 13.8.